The largest absolute Gasteiger partial charge is 0.493 e. The van der Waals surface area contributed by atoms with Crippen molar-refractivity contribution in [2.75, 3.05) is 32.9 Å². The molecule has 1 saturated carbocycles. The van der Waals surface area contributed by atoms with Gasteiger partial charge >= 0.3 is 0 Å². The normalized spacial score (nSPS) is 24.7. The second-order valence-electron chi connectivity index (χ2n) is 7.17. The molecule has 120 valence electrons. The monoisotopic (exact) mass is 301 g/mol. The Balaban J connectivity index is 1.22. The van der Waals surface area contributed by atoms with Crippen molar-refractivity contribution >= 4 is 0 Å². The van der Waals surface area contributed by atoms with E-state index in [2.05, 4.69) is 29.2 Å². The van der Waals surface area contributed by atoms with E-state index in [1.54, 1.807) is 0 Å². The van der Waals surface area contributed by atoms with Gasteiger partial charge in [-0.1, -0.05) is 18.6 Å². The second kappa shape index (κ2) is 6.59. The standard InChI is InChI=1S/C19H27NO2/c1-2-18(3-1)20-12-15(13-20)14-22-19-6-4-16(5-7-19)17-8-10-21-11-9-17/h4-7,15,17-18H,1-3,8-14H2. The van der Waals surface area contributed by atoms with E-state index in [0.717, 1.165) is 50.4 Å². The van der Waals surface area contributed by atoms with Gasteiger partial charge in [0, 0.05) is 38.3 Å². The first-order valence-electron chi connectivity index (χ1n) is 8.93. The van der Waals surface area contributed by atoms with E-state index in [0.29, 0.717) is 5.92 Å². The first-order chi connectivity index (χ1) is 10.9. The van der Waals surface area contributed by atoms with Crippen molar-refractivity contribution in [2.24, 2.45) is 5.92 Å². The van der Waals surface area contributed by atoms with Gasteiger partial charge in [-0.3, -0.25) is 4.90 Å². The van der Waals surface area contributed by atoms with Crippen molar-refractivity contribution in [3.8, 4) is 5.75 Å². The Bertz CT molecular complexity index is 471. The summed E-state index contributed by atoms with van der Waals surface area (Å²) in [5.41, 5.74) is 1.44. The van der Waals surface area contributed by atoms with Crippen LogP contribution < -0.4 is 4.74 Å². The molecule has 0 N–H and O–H groups in total. The van der Waals surface area contributed by atoms with Crippen molar-refractivity contribution in [3.05, 3.63) is 29.8 Å². The van der Waals surface area contributed by atoms with Gasteiger partial charge in [0.1, 0.15) is 5.75 Å². The molecule has 0 unspecified atom stereocenters. The third kappa shape index (κ3) is 3.16. The third-order valence-electron chi connectivity index (χ3n) is 5.64. The van der Waals surface area contributed by atoms with Crippen LogP contribution in [0.1, 0.15) is 43.6 Å². The Labute approximate surface area is 133 Å². The highest BCUT2D eigenvalue weighted by atomic mass is 16.5. The first kappa shape index (κ1) is 14.5. The summed E-state index contributed by atoms with van der Waals surface area (Å²) in [6.45, 7) is 5.17. The molecule has 2 saturated heterocycles. The number of hydrogen-bond donors (Lipinski definition) is 0. The van der Waals surface area contributed by atoms with E-state index in [9.17, 15) is 0 Å². The summed E-state index contributed by atoms with van der Waals surface area (Å²) >= 11 is 0. The number of likely N-dealkylation sites (tertiary alicyclic amines) is 1. The Morgan fingerprint density at radius 2 is 1.73 bits per heavy atom. The molecule has 0 atom stereocenters. The molecule has 1 aliphatic carbocycles. The Kier molecular flexibility index (Phi) is 4.35. The van der Waals surface area contributed by atoms with E-state index in [-0.39, 0.29) is 0 Å². The maximum Gasteiger partial charge on any atom is 0.119 e. The lowest BCUT2D eigenvalue weighted by molar-refractivity contribution is -0.00243. The second-order valence-corrected chi connectivity index (χ2v) is 7.17. The molecule has 0 radical (unpaired) electrons. The number of ether oxygens (including phenoxy) is 2. The van der Waals surface area contributed by atoms with Gasteiger partial charge in [0.2, 0.25) is 0 Å². The van der Waals surface area contributed by atoms with Crippen molar-refractivity contribution in [1.29, 1.82) is 0 Å². The number of nitrogens with zero attached hydrogens (tertiary/aromatic N) is 1. The summed E-state index contributed by atoms with van der Waals surface area (Å²) in [6, 6.07) is 9.68. The summed E-state index contributed by atoms with van der Waals surface area (Å²) in [4.78, 5) is 2.63. The Morgan fingerprint density at radius 3 is 2.36 bits per heavy atom. The SMILES string of the molecule is c1cc(C2CCOCC2)ccc1OCC1CN(C2CCC2)C1. The van der Waals surface area contributed by atoms with E-state index < -0.39 is 0 Å². The lowest BCUT2D eigenvalue weighted by Crippen LogP contribution is -2.55. The lowest BCUT2D eigenvalue weighted by Gasteiger charge is -2.47. The molecular weight excluding hydrogens is 274 g/mol. The van der Waals surface area contributed by atoms with Gasteiger partial charge in [-0.15, -0.1) is 0 Å². The van der Waals surface area contributed by atoms with Crippen LogP contribution in [0.15, 0.2) is 24.3 Å². The maximum absolute atomic E-state index is 5.98. The molecule has 1 aromatic rings. The summed E-state index contributed by atoms with van der Waals surface area (Å²) in [6.07, 6.45) is 6.57. The van der Waals surface area contributed by atoms with Gasteiger partial charge in [0.05, 0.1) is 6.61 Å². The molecule has 3 aliphatic rings. The molecule has 2 heterocycles. The molecule has 0 amide bonds. The van der Waals surface area contributed by atoms with Crippen molar-refractivity contribution in [3.63, 3.8) is 0 Å². The van der Waals surface area contributed by atoms with Crippen molar-refractivity contribution < 1.29 is 9.47 Å². The van der Waals surface area contributed by atoms with E-state index in [1.807, 2.05) is 0 Å². The minimum absolute atomic E-state index is 0.672. The number of benzene rings is 1. The van der Waals surface area contributed by atoms with Crippen LogP contribution in [0.2, 0.25) is 0 Å². The smallest absolute Gasteiger partial charge is 0.119 e. The number of rotatable bonds is 5. The fourth-order valence-electron chi connectivity index (χ4n) is 3.85. The van der Waals surface area contributed by atoms with Crippen LogP contribution in [0.5, 0.6) is 5.75 Å². The van der Waals surface area contributed by atoms with Crippen LogP contribution in [0.25, 0.3) is 0 Å². The van der Waals surface area contributed by atoms with Gasteiger partial charge in [0.25, 0.3) is 0 Å². The van der Waals surface area contributed by atoms with E-state index in [1.165, 1.54) is 37.9 Å². The molecule has 3 fully saturated rings. The van der Waals surface area contributed by atoms with Gasteiger partial charge in [-0.05, 0) is 49.3 Å². The highest BCUT2D eigenvalue weighted by molar-refractivity contribution is 5.29. The summed E-state index contributed by atoms with van der Waals surface area (Å²) < 4.78 is 11.4. The highest BCUT2D eigenvalue weighted by Gasteiger charge is 2.35. The lowest BCUT2D eigenvalue weighted by atomic mass is 9.86. The molecular formula is C19H27NO2. The predicted molar refractivity (Wildman–Crippen MR) is 87.4 cm³/mol. The fraction of sp³-hybridized carbons (Fsp3) is 0.684. The van der Waals surface area contributed by atoms with Gasteiger partial charge < -0.3 is 9.47 Å². The first-order valence-corrected chi connectivity index (χ1v) is 8.93. The summed E-state index contributed by atoms with van der Waals surface area (Å²) in [5.74, 6) is 2.43. The molecule has 3 nitrogen and oxygen atoms in total. The van der Waals surface area contributed by atoms with E-state index >= 15 is 0 Å². The number of hydrogen-bond acceptors (Lipinski definition) is 3. The molecule has 1 aromatic carbocycles. The van der Waals surface area contributed by atoms with Crippen LogP contribution in [0.3, 0.4) is 0 Å². The molecule has 3 heteroatoms. The molecule has 0 bridgehead atoms. The summed E-state index contributed by atoms with van der Waals surface area (Å²) in [5, 5.41) is 0. The Morgan fingerprint density at radius 1 is 1.00 bits per heavy atom. The quantitative estimate of drug-likeness (QED) is 0.831. The highest BCUT2D eigenvalue weighted by Crippen LogP contribution is 2.31. The Hall–Kier alpha value is -1.06. The summed E-state index contributed by atoms with van der Waals surface area (Å²) in [7, 11) is 0. The van der Waals surface area contributed by atoms with Crippen LogP contribution in [0.4, 0.5) is 0 Å². The molecule has 0 spiro atoms. The average molecular weight is 301 g/mol. The van der Waals surface area contributed by atoms with Crippen LogP contribution in [-0.4, -0.2) is 43.9 Å². The van der Waals surface area contributed by atoms with Gasteiger partial charge in [-0.25, -0.2) is 0 Å². The molecule has 4 rings (SSSR count). The predicted octanol–water partition coefficient (Wildman–Crippen LogP) is 3.44. The molecule has 22 heavy (non-hydrogen) atoms. The topological polar surface area (TPSA) is 21.7 Å². The zero-order valence-electron chi connectivity index (χ0n) is 13.4. The zero-order valence-corrected chi connectivity index (χ0v) is 13.4. The average Bonchev–Trinajstić information content (AvgIpc) is 2.49. The molecule has 0 aromatic heterocycles. The van der Waals surface area contributed by atoms with Crippen molar-refractivity contribution in [1.82, 2.24) is 4.90 Å². The van der Waals surface area contributed by atoms with E-state index in [4.69, 9.17) is 9.47 Å². The van der Waals surface area contributed by atoms with Crippen LogP contribution in [-0.2, 0) is 4.74 Å². The van der Waals surface area contributed by atoms with Crippen LogP contribution in [0, 0.1) is 5.92 Å². The fourth-order valence-corrected chi connectivity index (χ4v) is 3.85. The maximum atomic E-state index is 5.98. The minimum atomic E-state index is 0.672. The molecule has 2 aliphatic heterocycles. The van der Waals surface area contributed by atoms with Gasteiger partial charge in [-0.2, -0.15) is 0 Å². The zero-order chi connectivity index (χ0) is 14.8. The third-order valence-corrected chi connectivity index (χ3v) is 5.64. The van der Waals surface area contributed by atoms with Crippen molar-refractivity contribution in [2.45, 2.75) is 44.1 Å². The van der Waals surface area contributed by atoms with Gasteiger partial charge in [0.15, 0.2) is 0 Å². The minimum Gasteiger partial charge on any atom is -0.493 e. The van der Waals surface area contributed by atoms with Crippen LogP contribution >= 0.6 is 0 Å².